The third kappa shape index (κ3) is 3.42. The van der Waals surface area contributed by atoms with Gasteiger partial charge >= 0.3 is 0 Å². The summed E-state index contributed by atoms with van der Waals surface area (Å²) in [5.74, 6) is 0. The van der Waals surface area contributed by atoms with Crippen molar-refractivity contribution in [2.75, 3.05) is 6.26 Å². The number of thiophene rings is 1. The Hall–Kier alpha value is -2.63. The van der Waals surface area contributed by atoms with Gasteiger partial charge in [-0.1, -0.05) is 18.2 Å². The molecule has 0 bridgehead atoms. The molecule has 0 saturated heterocycles. The van der Waals surface area contributed by atoms with E-state index in [4.69, 9.17) is 0 Å². The largest absolute Gasteiger partial charge is 0.279 e. The topological polar surface area (TPSA) is 86.1 Å². The van der Waals surface area contributed by atoms with Crippen LogP contribution < -0.4 is 0 Å². The second kappa shape index (κ2) is 7.25. The Morgan fingerprint density at radius 3 is 2.30 bits per heavy atom. The van der Waals surface area contributed by atoms with Gasteiger partial charge in [0.25, 0.3) is 16.4 Å². The number of halogens is 2. The average Bonchev–Trinajstić information content (AvgIpc) is 3.33. The number of benzene rings is 1. The fourth-order valence-corrected chi connectivity index (χ4v) is 6.54. The van der Waals surface area contributed by atoms with Gasteiger partial charge in [0.2, 0.25) is 0 Å². The van der Waals surface area contributed by atoms with Crippen LogP contribution in [0.5, 0.6) is 0 Å². The van der Waals surface area contributed by atoms with Gasteiger partial charge in [0.15, 0.2) is 15.5 Å². The zero-order valence-electron chi connectivity index (χ0n) is 15.4. The zero-order valence-corrected chi connectivity index (χ0v) is 17.8. The van der Waals surface area contributed by atoms with Crippen molar-refractivity contribution in [1.29, 1.82) is 0 Å². The van der Waals surface area contributed by atoms with E-state index < -0.39 is 32.0 Å². The SMILES string of the molecule is CS(=O)(=O)c1ccc(-c2ccnc3c2cc(C(F)F)n3S(=O)(=O)c2ccccc2)s1. The molecule has 0 saturated carbocycles. The van der Waals surface area contributed by atoms with E-state index in [-0.39, 0.29) is 20.1 Å². The third-order valence-corrected chi connectivity index (χ3v) is 9.08. The lowest BCUT2D eigenvalue weighted by Gasteiger charge is -2.11. The predicted molar refractivity (Wildman–Crippen MR) is 110 cm³/mol. The molecular formula is C19H14F2N2O4S3. The van der Waals surface area contributed by atoms with Crippen LogP contribution in [0, 0.1) is 0 Å². The lowest BCUT2D eigenvalue weighted by Crippen LogP contribution is -2.16. The highest BCUT2D eigenvalue weighted by molar-refractivity contribution is 7.92. The monoisotopic (exact) mass is 468 g/mol. The van der Waals surface area contributed by atoms with Crippen molar-refractivity contribution in [1.82, 2.24) is 8.96 Å². The Morgan fingerprint density at radius 2 is 1.70 bits per heavy atom. The second-order valence-electron chi connectivity index (χ2n) is 6.44. The maximum atomic E-state index is 13.8. The first kappa shape index (κ1) is 20.6. The molecule has 0 aliphatic rings. The number of aromatic nitrogens is 2. The van der Waals surface area contributed by atoms with Crippen LogP contribution in [0.25, 0.3) is 21.5 Å². The molecule has 6 nitrogen and oxygen atoms in total. The normalized spacial score (nSPS) is 12.7. The van der Waals surface area contributed by atoms with Crippen molar-refractivity contribution in [3.8, 4) is 10.4 Å². The van der Waals surface area contributed by atoms with Crippen LogP contribution in [0.4, 0.5) is 8.78 Å². The second-order valence-corrected chi connectivity index (χ2v) is 11.6. The standard InChI is InChI=1S/C19H14F2N2O4S3/c1-29(24,25)17-8-7-16(28-17)13-9-10-22-19-14(13)11-15(18(20)21)23(19)30(26,27)12-5-3-2-4-6-12/h2-11,18H,1H3. The minimum Gasteiger partial charge on any atom is -0.237 e. The Balaban J connectivity index is 2.01. The van der Waals surface area contributed by atoms with Crippen LogP contribution in [0.15, 0.2) is 69.9 Å². The number of hydrogen-bond donors (Lipinski definition) is 0. The van der Waals surface area contributed by atoms with Gasteiger partial charge in [-0.3, -0.25) is 0 Å². The number of sulfone groups is 1. The van der Waals surface area contributed by atoms with Crippen LogP contribution in [0.2, 0.25) is 0 Å². The van der Waals surface area contributed by atoms with E-state index in [1.165, 1.54) is 42.6 Å². The Labute approximate surface area is 175 Å². The number of pyridine rings is 1. The van der Waals surface area contributed by atoms with Gasteiger partial charge < -0.3 is 0 Å². The molecule has 0 fully saturated rings. The van der Waals surface area contributed by atoms with Crippen molar-refractivity contribution < 1.29 is 25.6 Å². The molecule has 0 N–H and O–H groups in total. The number of rotatable bonds is 5. The molecule has 3 heterocycles. The van der Waals surface area contributed by atoms with Gasteiger partial charge in [-0.25, -0.2) is 34.6 Å². The Bertz CT molecular complexity index is 1460. The van der Waals surface area contributed by atoms with Gasteiger partial charge in [-0.15, -0.1) is 11.3 Å². The average molecular weight is 469 g/mol. The summed E-state index contributed by atoms with van der Waals surface area (Å²) >= 11 is 0.973. The Morgan fingerprint density at radius 1 is 1.00 bits per heavy atom. The predicted octanol–water partition coefficient (Wildman–Crippen LogP) is 4.34. The molecule has 0 unspecified atom stereocenters. The van der Waals surface area contributed by atoms with E-state index in [2.05, 4.69) is 4.98 Å². The van der Waals surface area contributed by atoms with Gasteiger partial charge in [-0.2, -0.15) is 0 Å². The van der Waals surface area contributed by atoms with Gasteiger partial charge in [0.05, 0.1) is 4.90 Å². The van der Waals surface area contributed by atoms with Crippen LogP contribution in [-0.4, -0.2) is 32.0 Å². The van der Waals surface area contributed by atoms with E-state index in [9.17, 15) is 25.6 Å². The van der Waals surface area contributed by atoms with Crippen molar-refractivity contribution >= 4 is 42.2 Å². The summed E-state index contributed by atoms with van der Waals surface area (Å²) in [6.07, 6.45) is -0.688. The van der Waals surface area contributed by atoms with Crippen LogP contribution in [0.1, 0.15) is 12.1 Å². The highest BCUT2D eigenvalue weighted by Gasteiger charge is 2.29. The van der Waals surface area contributed by atoms with E-state index in [0.717, 1.165) is 23.7 Å². The van der Waals surface area contributed by atoms with Gasteiger partial charge in [-0.05, 0) is 36.4 Å². The van der Waals surface area contributed by atoms with Crippen LogP contribution >= 0.6 is 11.3 Å². The van der Waals surface area contributed by atoms with Gasteiger partial charge in [0, 0.05) is 28.3 Å². The highest BCUT2D eigenvalue weighted by atomic mass is 32.2. The third-order valence-electron chi connectivity index (χ3n) is 4.41. The maximum absolute atomic E-state index is 13.8. The molecule has 0 radical (unpaired) electrons. The molecule has 0 atom stereocenters. The fraction of sp³-hybridized carbons (Fsp3) is 0.105. The minimum atomic E-state index is -4.33. The van der Waals surface area contributed by atoms with E-state index in [1.54, 1.807) is 12.1 Å². The molecule has 0 amide bonds. The summed E-state index contributed by atoms with van der Waals surface area (Å²) in [6.45, 7) is 0. The van der Waals surface area contributed by atoms with Crippen LogP contribution in [-0.2, 0) is 19.9 Å². The minimum absolute atomic E-state index is 0.118. The number of hydrogen-bond acceptors (Lipinski definition) is 6. The van der Waals surface area contributed by atoms with Crippen molar-refractivity contribution in [3.63, 3.8) is 0 Å². The quantitative estimate of drug-likeness (QED) is 0.435. The summed E-state index contributed by atoms with van der Waals surface area (Å²) in [6, 6.07) is 12.9. The number of nitrogens with zero attached hydrogens (tertiary/aromatic N) is 2. The molecule has 4 aromatic rings. The summed E-state index contributed by atoms with van der Waals surface area (Å²) in [5, 5.41) is 0.189. The zero-order chi connectivity index (χ0) is 21.7. The summed E-state index contributed by atoms with van der Waals surface area (Å²) in [7, 11) is -7.77. The van der Waals surface area contributed by atoms with E-state index in [0.29, 0.717) is 14.4 Å². The lowest BCUT2D eigenvalue weighted by molar-refractivity contribution is 0.145. The summed E-state index contributed by atoms with van der Waals surface area (Å²) < 4.78 is 78.2. The van der Waals surface area contributed by atoms with Crippen molar-refractivity contribution in [2.24, 2.45) is 0 Å². The summed E-state index contributed by atoms with van der Waals surface area (Å²) in [4.78, 5) is 4.41. The number of fused-ring (bicyclic) bond motifs is 1. The lowest BCUT2D eigenvalue weighted by atomic mass is 10.1. The van der Waals surface area contributed by atoms with E-state index >= 15 is 0 Å². The summed E-state index contributed by atoms with van der Waals surface area (Å²) in [5.41, 5.74) is -0.446. The highest BCUT2D eigenvalue weighted by Crippen LogP contribution is 2.38. The first-order valence-electron chi connectivity index (χ1n) is 8.50. The fourth-order valence-electron chi connectivity index (χ4n) is 3.08. The molecule has 0 aliphatic heterocycles. The molecule has 30 heavy (non-hydrogen) atoms. The van der Waals surface area contributed by atoms with Crippen molar-refractivity contribution in [3.05, 3.63) is 66.5 Å². The Kier molecular flexibility index (Phi) is 4.99. The number of alkyl halides is 2. The van der Waals surface area contributed by atoms with Crippen molar-refractivity contribution in [2.45, 2.75) is 15.5 Å². The molecule has 4 rings (SSSR count). The van der Waals surface area contributed by atoms with E-state index in [1.807, 2.05) is 0 Å². The van der Waals surface area contributed by atoms with Crippen LogP contribution in [0.3, 0.4) is 0 Å². The first-order chi connectivity index (χ1) is 14.1. The molecule has 0 spiro atoms. The molecule has 1 aromatic carbocycles. The molecule has 0 aliphatic carbocycles. The smallest absolute Gasteiger partial charge is 0.237 e. The molecular weight excluding hydrogens is 454 g/mol. The van der Waals surface area contributed by atoms with Gasteiger partial charge in [0.1, 0.15) is 9.90 Å². The molecule has 11 heteroatoms. The first-order valence-corrected chi connectivity index (χ1v) is 12.6. The molecule has 156 valence electrons. The maximum Gasteiger partial charge on any atom is 0.279 e. The molecule has 3 aromatic heterocycles.